The monoisotopic (exact) mass is 418 g/mol. The van der Waals surface area contributed by atoms with Gasteiger partial charge in [-0.3, -0.25) is 6.08 Å². The molecule has 0 aliphatic heterocycles. The third-order valence-corrected chi connectivity index (χ3v) is 3.60. The summed E-state index contributed by atoms with van der Waals surface area (Å²) >= 11 is 2.08. The van der Waals surface area contributed by atoms with E-state index in [9.17, 15) is 0 Å². The molecule has 0 bridgehead atoms. The van der Waals surface area contributed by atoms with Crippen molar-refractivity contribution >= 4 is 25.4 Å². The number of fused-ring (bicyclic) bond motifs is 3. The molecule has 0 atom stereocenters. The first-order valence-electron chi connectivity index (χ1n) is 8.27. The van der Waals surface area contributed by atoms with Gasteiger partial charge in [0, 0.05) is 0 Å². The van der Waals surface area contributed by atoms with E-state index in [1.165, 1.54) is 36.5 Å². The summed E-state index contributed by atoms with van der Waals surface area (Å²) < 4.78 is 1.42. The normalized spacial score (nSPS) is 11.0. The van der Waals surface area contributed by atoms with Gasteiger partial charge in [-0.2, -0.15) is 6.08 Å². The van der Waals surface area contributed by atoms with Crippen LogP contribution in [0.4, 0.5) is 0 Å². The number of benzene rings is 2. The Hall–Kier alpha value is -1.05. The Morgan fingerprint density at radius 3 is 1.69 bits per heavy atom. The van der Waals surface area contributed by atoms with E-state index in [0.717, 1.165) is 6.42 Å². The van der Waals surface area contributed by atoms with Gasteiger partial charge in [-0.05, 0) is 13.8 Å². The summed E-state index contributed by atoms with van der Waals surface area (Å²) in [7, 11) is 0. The van der Waals surface area contributed by atoms with Crippen LogP contribution in [0.1, 0.15) is 31.4 Å². The van der Waals surface area contributed by atoms with E-state index in [1.807, 2.05) is 12.2 Å². The Morgan fingerprint density at radius 1 is 0.923 bits per heavy atom. The molecule has 0 spiro atoms. The summed E-state index contributed by atoms with van der Waals surface area (Å²) in [5.74, 6) is 0. The molecule has 0 aromatic heterocycles. The van der Waals surface area contributed by atoms with E-state index in [2.05, 4.69) is 102 Å². The topological polar surface area (TPSA) is 0 Å². The van der Waals surface area contributed by atoms with E-state index in [0.29, 0.717) is 0 Å². The predicted molar refractivity (Wildman–Crippen MR) is 104 cm³/mol. The Morgan fingerprint density at radius 2 is 1.38 bits per heavy atom. The Kier molecular flexibility index (Phi) is 11.9. The van der Waals surface area contributed by atoms with Gasteiger partial charge in [0.25, 0.3) is 0 Å². The zero-order chi connectivity index (χ0) is 17.5. The van der Waals surface area contributed by atoms with Crippen molar-refractivity contribution in [2.45, 2.75) is 34.1 Å². The Bertz CT molecular complexity index is 831. The second-order valence-corrected chi connectivity index (χ2v) is 7.89. The summed E-state index contributed by atoms with van der Waals surface area (Å²) in [5.41, 5.74) is 2.66. The van der Waals surface area contributed by atoms with Crippen molar-refractivity contribution in [2.75, 3.05) is 0 Å². The molecule has 0 nitrogen and oxygen atoms in total. The van der Waals surface area contributed by atoms with E-state index in [-0.39, 0.29) is 24.8 Å². The van der Waals surface area contributed by atoms with Crippen LogP contribution in [0.3, 0.4) is 0 Å². The van der Waals surface area contributed by atoms with Crippen LogP contribution in [-0.4, -0.2) is 3.81 Å². The number of aryl methyl sites for hydroxylation is 2. The molecule has 0 radical (unpaired) electrons. The zero-order valence-electron chi connectivity index (χ0n) is 15.7. The number of hydrogen-bond acceptors (Lipinski definition) is 0. The van der Waals surface area contributed by atoms with Crippen molar-refractivity contribution in [3.63, 3.8) is 0 Å². The summed E-state index contributed by atoms with van der Waals surface area (Å²) in [6.45, 7) is 8.45. The quantitative estimate of drug-likeness (QED) is 0.366. The maximum atomic E-state index is 2.99. The molecule has 0 amide bonds. The van der Waals surface area contributed by atoms with Crippen molar-refractivity contribution in [3.8, 4) is 0 Å². The standard InChI is InChI=1S/C15H13.C5H5.C3H6.2ClH.Ti/c1-10-3-5-14-12(7-10)9-13-8-11(2)4-6-15(13)14;1-2-4-5-3-1;1-3-2;;;/h3-9H,1-2H3;1-3H,4H2;1-2H3;2*1H;/q2*-1;;;;+2/p-2. The van der Waals surface area contributed by atoms with Crippen LogP contribution in [-0.2, 0) is 20.0 Å². The fraction of sp³-hybridized carbons (Fsp3) is 0.217. The van der Waals surface area contributed by atoms with Crippen LogP contribution < -0.4 is 24.8 Å². The average molecular weight is 419 g/mol. The maximum absolute atomic E-state index is 2.99. The minimum atomic E-state index is 0. The first-order valence-corrected chi connectivity index (χ1v) is 9.05. The van der Waals surface area contributed by atoms with Gasteiger partial charge in [-0.15, -0.1) is 46.2 Å². The second-order valence-electron chi connectivity index (χ2n) is 6.33. The minimum absolute atomic E-state index is 0. The number of hydrogen-bond donors (Lipinski definition) is 0. The predicted octanol–water partition coefficient (Wildman–Crippen LogP) is 0.388. The molecule has 0 N–H and O–H groups in total. The van der Waals surface area contributed by atoms with Crippen molar-refractivity contribution in [1.29, 1.82) is 0 Å². The van der Waals surface area contributed by atoms with Crippen molar-refractivity contribution in [1.82, 2.24) is 0 Å². The number of rotatable bonds is 0. The summed E-state index contributed by atoms with van der Waals surface area (Å²) in [5, 5.41) is 5.46. The van der Waals surface area contributed by atoms with Crippen LogP contribution in [0.25, 0.3) is 21.5 Å². The summed E-state index contributed by atoms with van der Waals surface area (Å²) in [6.07, 6.45) is 10.0. The molecule has 3 heteroatoms. The third kappa shape index (κ3) is 7.68. The molecule has 3 aromatic carbocycles. The van der Waals surface area contributed by atoms with Crippen LogP contribution in [0.2, 0.25) is 0 Å². The minimum Gasteiger partial charge on any atom is -1.00 e. The summed E-state index contributed by atoms with van der Waals surface area (Å²) in [4.78, 5) is 0. The second kappa shape index (κ2) is 12.4. The molecule has 0 saturated carbocycles. The van der Waals surface area contributed by atoms with E-state index in [4.69, 9.17) is 0 Å². The van der Waals surface area contributed by atoms with Gasteiger partial charge >= 0.3 is 37.6 Å². The maximum Gasteiger partial charge on any atom is -0.0469 e. The molecule has 136 valence electrons. The smallest absolute Gasteiger partial charge is 0.0469 e. The third-order valence-electron chi connectivity index (χ3n) is 3.60. The van der Waals surface area contributed by atoms with Crippen LogP contribution in [0.5, 0.6) is 0 Å². The van der Waals surface area contributed by atoms with Crippen molar-refractivity contribution in [3.05, 3.63) is 77.9 Å². The number of halogens is 2. The SMILES string of the molecule is C[C](C)=[Ti+2].Cc1ccc2c(c1)[cH-]c1cc(C)ccc12.[C-]1=CC=CC1.[Cl-].[Cl-]. The van der Waals surface area contributed by atoms with Gasteiger partial charge in [0.2, 0.25) is 0 Å². The van der Waals surface area contributed by atoms with Crippen LogP contribution in [0, 0.1) is 19.9 Å². The molecular weight excluding hydrogens is 395 g/mol. The summed E-state index contributed by atoms with van der Waals surface area (Å²) in [6, 6.07) is 15.6. The van der Waals surface area contributed by atoms with Gasteiger partial charge in [0.05, 0.1) is 0 Å². The molecule has 0 saturated heterocycles. The Balaban J connectivity index is 0.000000480. The van der Waals surface area contributed by atoms with E-state index < -0.39 is 0 Å². The van der Waals surface area contributed by atoms with Gasteiger partial charge < -0.3 is 24.8 Å². The fourth-order valence-corrected chi connectivity index (χ4v) is 2.60. The molecule has 0 heterocycles. The largest absolute Gasteiger partial charge is 1.00 e. The first-order chi connectivity index (χ1) is 11.5. The number of allylic oxidation sites excluding steroid dienone is 4. The molecule has 26 heavy (non-hydrogen) atoms. The fourth-order valence-electron chi connectivity index (χ4n) is 2.60. The van der Waals surface area contributed by atoms with Crippen LogP contribution in [0.15, 0.2) is 60.7 Å². The van der Waals surface area contributed by atoms with E-state index >= 15 is 0 Å². The van der Waals surface area contributed by atoms with Crippen molar-refractivity contribution in [2.24, 2.45) is 0 Å². The first kappa shape index (κ1) is 25.0. The van der Waals surface area contributed by atoms with Crippen LogP contribution >= 0.6 is 0 Å². The molecular formula is C23H24Cl2Ti-2. The molecule has 0 unspecified atom stereocenters. The van der Waals surface area contributed by atoms with Gasteiger partial charge in [-0.25, -0.2) is 12.2 Å². The van der Waals surface area contributed by atoms with Crippen molar-refractivity contribution < 1.29 is 44.8 Å². The van der Waals surface area contributed by atoms with Gasteiger partial charge in [-0.1, -0.05) is 35.4 Å². The molecule has 1 aliphatic rings. The molecule has 1 aliphatic carbocycles. The van der Waals surface area contributed by atoms with Gasteiger partial charge in [0.1, 0.15) is 0 Å². The average Bonchev–Trinajstić information content (AvgIpc) is 3.16. The molecule has 0 fully saturated rings. The van der Waals surface area contributed by atoms with Gasteiger partial charge in [0.15, 0.2) is 0 Å². The molecule has 4 rings (SSSR count). The zero-order valence-corrected chi connectivity index (χ0v) is 18.8. The van der Waals surface area contributed by atoms with E-state index in [1.54, 1.807) is 0 Å². The molecule has 3 aromatic rings. The Labute approximate surface area is 181 Å².